The summed E-state index contributed by atoms with van der Waals surface area (Å²) in [4.78, 5) is 16.5. The van der Waals surface area contributed by atoms with E-state index in [1.54, 1.807) is 0 Å². The lowest BCUT2D eigenvalue weighted by atomic mass is 9.90. The summed E-state index contributed by atoms with van der Waals surface area (Å²) in [5, 5.41) is 4.42. The Bertz CT molecular complexity index is 1090. The maximum absolute atomic E-state index is 6.33. The first-order chi connectivity index (χ1) is 14.6. The van der Waals surface area contributed by atoms with Crippen LogP contribution in [0.5, 0.6) is 0 Å². The van der Waals surface area contributed by atoms with Gasteiger partial charge in [0.05, 0.1) is 5.39 Å². The Kier molecular flexibility index (Phi) is 5.07. The van der Waals surface area contributed by atoms with E-state index in [4.69, 9.17) is 23.5 Å². The van der Waals surface area contributed by atoms with Crippen LogP contribution < -0.4 is 16.5 Å². The highest BCUT2D eigenvalue weighted by Crippen LogP contribution is 2.31. The van der Waals surface area contributed by atoms with Crippen LogP contribution in [-0.4, -0.2) is 46.8 Å². The second-order valence-corrected chi connectivity index (χ2v) is 8.54. The Morgan fingerprint density at radius 1 is 1.13 bits per heavy atom. The van der Waals surface area contributed by atoms with Gasteiger partial charge in [0.1, 0.15) is 13.7 Å². The average Bonchev–Trinajstić information content (AvgIpc) is 3.20. The highest BCUT2D eigenvalue weighted by Gasteiger charge is 2.23. The number of fused-ring (bicyclic) bond motifs is 2. The number of aromatic nitrogens is 3. The highest BCUT2D eigenvalue weighted by atomic mass is 15.2. The zero-order valence-electron chi connectivity index (χ0n) is 17.5. The van der Waals surface area contributed by atoms with Gasteiger partial charge in [-0.15, -0.1) is 0 Å². The van der Waals surface area contributed by atoms with Crippen LogP contribution in [0.1, 0.15) is 41.6 Å². The smallest absolute Gasteiger partial charge is 0.226 e. The van der Waals surface area contributed by atoms with Crippen molar-refractivity contribution < 1.29 is 0 Å². The molecule has 3 N–H and O–H groups in total. The lowest BCUT2D eigenvalue weighted by molar-refractivity contribution is 0.211. The number of rotatable bonds is 4. The van der Waals surface area contributed by atoms with E-state index in [1.807, 2.05) is 18.2 Å². The summed E-state index contributed by atoms with van der Waals surface area (Å²) >= 11 is 0. The van der Waals surface area contributed by atoms with Crippen molar-refractivity contribution in [3.8, 4) is 0 Å². The molecular formula is C23H27BN6. The van der Waals surface area contributed by atoms with Crippen LogP contribution in [0.4, 0.5) is 11.8 Å². The third-order valence-corrected chi connectivity index (χ3v) is 6.54. The Labute approximate surface area is 178 Å². The van der Waals surface area contributed by atoms with Gasteiger partial charge >= 0.3 is 0 Å². The minimum absolute atomic E-state index is 0.335. The zero-order chi connectivity index (χ0) is 20.7. The molecule has 6 nitrogen and oxygen atoms in total. The van der Waals surface area contributed by atoms with E-state index >= 15 is 0 Å². The van der Waals surface area contributed by atoms with Crippen LogP contribution in [0.2, 0.25) is 0 Å². The minimum Gasteiger partial charge on any atom is -0.383 e. The highest BCUT2D eigenvalue weighted by molar-refractivity contribution is 6.33. The fourth-order valence-electron chi connectivity index (χ4n) is 4.84. The van der Waals surface area contributed by atoms with Gasteiger partial charge in [0.25, 0.3) is 0 Å². The molecule has 0 spiro atoms. The summed E-state index contributed by atoms with van der Waals surface area (Å²) in [6.07, 6.45) is 5.33. The molecule has 0 saturated carbocycles. The van der Waals surface area contributed by atoms with Crippen molar-refractivity contribution in [3.63, 3.8) is 0 Å². The lowest BCUT2D eigenvalue weighted by Gasteiger charge is -2.32. The summed E-state index contributed by atoms with van der Waals surface area (Å²) in [5.74, 6) is 1.12. The number of likely N-dealkylation sites (tertiary alicyclic amines) is 1. The van der Waals surface area contributed by atoms with Gasteiger partial charge < -0.3 is 11.1 Å². The Morgan fingerprint density at radius 3 is 2.73 bits per heavy atom. The number of anilines is 2. The Morgan fingerprint density at radius 2 is 1.93 bits per heavy atom. The fourth-order valence-corrected chi connectivity index (χ4v) is 4.84. The first-order valence-corrected chi connectivity index (χ1v) is 10.9. The van der Waals surface area contributed by atoms with Crippen LogP contribution in [0.25, 0.3) is 11.0 Å². The summed E-state index contributed by atoms with van der Waals surface area (Å²) in [6, 6.07) is 8.44. The molecule has 30 heavy (non-hydrogen) atoms. The standard InChI is InChI=1S/C23H27BN6/c1-14-17-6-4-8-19(17)27-22-20(14)21(25)28-23(29-22)26-16-9-11-30(12-10-16)13-15-5-2-3-7-18(15)24/h2-3,5,7,16H,4,6,8-13H2,1H3,(H3,25,26,27,28,29). The molecule has 0 bridgehead atoms. The number of hydrogen-bond acceptors (Lipinski definition) is 6. The van der Waals surface area contributed by atoms with Crippen molar-refractivity contribution >= 4 is 36.1 Å². The molecule has 2 aromatic heterocycles. The first kappa shape index (κ1) is 19.3. The van der Waals surface area contributed by atoms with Crippen LogP contribution >= 0.6 is 0 Å². The SMILES string of the molecule is [B]c1ccccc1CN1CCC(Nc2nc(N)c3c(C)c4c(nc3n2)CCC4)CC1. The molecule has 1 aliphatic heterocycles. The van der Waals surface area contributed by atoms with Crippen LogP contribution in [0.3, 0.4) is 0 Å². The van der Waals surface area contributed by atoms with Crippen molar-refractivity contribution in [2.24, 2.45) is 0 Å². The first-order valence-electron chi connectivity index (χ1n) is 10.9. The second-order valence-electron chi connectivity index (χ2n) is 8.54. The summed E-state index contributed by atoms with van der Waals surface area (Å²) < 4.78 is 0. The minimum atomic E-state index is 0.335. The van der Waals surface area contributed by atoms with Crippen molar-refractivity contribution in [2.75, 3.05) is 24.1 Å². The van der Waals surface area contributed by atoms with Crippen LogP contribution in [-0.2, 0) is 19.4 Å². The van der Waals surface area contributed by atoms with Gasteiger partial charge in [-0.1, -0.05) is 29.7 Å². The number of piperidine rings is 1. The number of nitrogens with one attached hydrogen (secondary N) is 1. The molecule has 2 radical (unpaired) electrons. The van der Waals surface area contributed by atoms with Gasteiger partial charge in [-0.3, -0.25) is 4.90 Å². The molecule has 1 aliphatic carbocycles. The quantitative estimate of drug-likeness (QED) is 0.657. The predicted molar refractivity (Wildman–Crippen MR) is 122 cm³/mol. The number of nitrogens with two attached hydrogens (primary N) is 1. The molecule has 3 aromatic rings. The average molecular weight is 398 g/mol. The maximum Gasteiger partial charge on any atom is 0.226 e. The third kappa shape index (κ3) is 3.62. The molecule has 7 heteroatoms. The summed E-state index contributed by atoms with van der Waals surface area (Å²) in [6.45, 7) is 5.04. The van der Waals surface area contributed by atoms with Crippen molar-refractivity contribution in [1.82, 2.24) is 19.9 Å². The van der Waals surface area contributed by atoms with Crippen LogP contribution in [0, 0.1) is 6.92 Å². The molecule has 0 atom stereocenters. The molecule has 0 amide bonds. The van der Waals surface area contributed by atoms with Gasteiger partial charge in [0.15, 0.2) is 5.65 Å². The molecule has 1 fully saturated rings. The number of aryl methyl sites for hydroxylation is 2. The number of nitrogens with zero attached hydrogens (tertiary/aromatic N) is 4. The largest absolute Gasteiger partial charge is 0.383 e. The van der Waals surface area contributed by atoms with Crippen molar-refractivity contribution in [3.05, 3.63) is 46.6 Å². The van der Waals surface area contributed by atoms with E-state index in [0.29, 0.717) is 17.8 Å². The normalized spacial score (nSPS) is 17.4. The molecular weight excluding hydrogens is 371 g/mol. The molecule has 5 rings (SSSR count). The van der Waals surface area contributed by atoms with E-state index < -0.39 is 0 Å². The number of nitrogen functional groups attached to an aromatic ring is 1. The Balaban J connectivity index is 1.28. The number of benzene rings is 1. The van der Waals surface area contributed by atoms with E-state index in [2.05, 4.69) is 28.2 Å². The van der Waals surface area contributed by atoms with Crippen LogP contribution in [0.15, 0.2) is 24.3 Å². The monoisotopic (exact) mass is 398 g/mol. The Hall–Kier alpha value is -2.67. The fraction of sp³-hybridized carbons (Fsp3) is 0.435. The predicted octanol–water partition coefficient (Wildman–Crippen LogP) is 2.27. The number of hydrogen-bond donors (Lipinski definition) is 2. The molecule has 1 saturated heterocycles. The topological polar surface area (TPSA) is 80.0 Å². The second kappa shape index (κ2) is 7.87. The zero-order valence-corrected chi connectivity index (χ0v) is 17.5. The van der Waals surface area contributed by atoms with E-state index in [1.165, 1.54) is 22.4 Å². The van der Waals surface area contributed by atoms with Gasteiger partial charge in [-0.25, -0.2) is 4.98 Å². The molecule has 1 aromatic carbocycles. The lowest BCUT2D eigenvalue weighted by Crippen LogP contribution is -2.39. The van der Waals surface area contributed by atoms with Crippen molar-refractivity contribution in [1.29, 1.82) is 0 Å². The van der Waals surface area contributed by atoms with Crippen molar-refractivity contribution in [2.45, 2.75) is 51.6 Å². The van der Waals surface area contributed by atoms with E-state index in [0.717, 1.165) is 68.2 Å². The van der Waals surface area contributed by atoms with E-state index in [9.17, 15) is 0 Å². The molecule has 2 aliphatic rings. The summed E-state index contributed by atoms with van der Waals surface area (Å²) in [7, 11) is 6.10. The maximum atomic E-state index is 6.33. The van der Waals surface area contributed by atoms with Gasteiger partial charge in [-0.05, 0) is 55.7 Å². The summed E-state index contributed by atoms with van der Waals surface area (Å²) in [5.41, 5.74) is 12.8. The molecule has 3 heterocycles. The van der Waals surface area contributed by atoms with Gasteiger partial charge in [0, 0.05) is 31.4 Å². The van der Waals surface area contributed by atoms with Gasteiger partial charge in [-0.2, -0.15) is 9.97 Å². The molecule has 0 unspecified atom stereocenters. The third-order valence-electron chi connectivity index (χ3n) is 6.54. The number of pyridine rings is 1. The van der Waals surface area contributed by atoms with E-state index in [-0.39, 0.29) is 0 Å². The molecule has 152 valence electrons. The van der Waals surface area contributed by atoms with Gasteiger partial charge in [0.2, 0.25) is 5.95 Å².